The summed E-state index contributed by atoms with van der Waals surface area (Å²) in [6, 6.07) is 0. The first-order valence-electron chi connectivity index (χ1n) is 10.2. The summed E-state index contributed by atoms with van der Waals surface area (Å²) in [5.74, 6) is -0.520. The second-order valence-corrected chi connectivity index (χ2v) is 9.72. The minimum absolute atomic E-state index is 0.0433. The Bertz CT molecular complexity index is 645. The van der Waals surface area contributed by atoms with Crippen LogP contribution in [0, 0.1) is 34.0 Å². The molecule has 3 rings (SSSR count). The van der Waals surface area contributed by atoms with Crippen molar-refractivity contribution in [2.45, 2.75) is 72.0 Å². The molecule has 0 aromatic carbocycles. The Kier molecular flexibility index (Phi) is 5.09. The van der Waals surface area contributed by atoms with Gasteiger partial charge in [0.05, 0.1) is 6.10 Å². The van der Waals surface area contributed by atoms with Gasteiger partial charge in [0, 0.05) is 23.2 Å². The number of ketones is 1. The smallest absolute Gasteiger partial charge is 0.332 e. The Balaban J connectivity index is 2.21. The molecule has 3 aliphatic rings. The van der Waals surface area contributed by atoms with Crippen LogP contribution >= 0.6 is 0 Å². The van der Waals surface area contributed by atoms with Crippen LogP contribution in [0.1, 0.15) is 59.8 Å². The largest absolute Gasteiger partial charge is 0.460 e. The van der Waals surface area contributed by atoms with E-state index >= 15 is 0 Å². The fourth-order valence-corrected chi connectivity index (χ4v) is 6.70. The van der Waals surface area contributed by atoms with Gasteiger partial charge in [0.15, 0.2) is 0 Å². The van der Waals surface area contributed by atoms with Gasteiger partial charge in [-0.2, -0.15) is 0 Å². The van der Waals surface area contributed by atoms with Gasteiger partial charge in [0.2, 0.25) is 0 Å². The van der Waals surface area contributed by atoms with E-state index in [1.54, 1.807) is 6.08 Å². The van der Waals surface area contributed by atoms with Crippen LogP contribution < -0.4 is 0 Å². The summed E-state index contributed by atoms with van der Waals surface area (Å²) >= 11 is 0. The maximum absolute atomic E-state index is 13.1. The van der Waals surface area contributed by atoms with Crippen molar-refractivity contribution in [3.05, 3.63) is 12.7 Å². The average molecular weight is 379 g/mol. The Morgan fingerprint density at radius 2 is 2.00 bits per heavy atom. The first-order valence-corrected chi connectivity index (χ1v) is 10.2. The Labute approximate surface area is 162 Å². The van der Waals surface area contributed by atoms with E-state index in [-0.39, 0.29) is 29.0 Å². The van der Waals surface area contributed by atoms with Crippen molar-refractivity contribution in [2.24, 2.45) is 34.0 Å². The molecule has 0 heterocycles. The van der Waals surface area contributed by atoms with Crippen LogP contribution in [0.25, 0.3) is 0 Å². The summed E-state index contributed by atoms with van der Waals surface area (Å²) in [6.45, 7) is 11.5. The molecule has 2 N–H and O–H groups in total. The molecule has 0 aromatic rings. The molecule has 2 bridgehead atoms. The summed E-state index contributed by atoms with van der Waals surface area (Å²) in [7, 11) is 0. The number of carbonyl (C=O) groups excluding carboxylic acids is 2. The van der Waals surface area contributed by atoms with E-state index in [0.717, 1.165) is 19.3 Å². The lowest BCUT2D eigenvalue weighted by atomic mass is 9.44. The number of rotatable bonds is 3. The highest BCUT2D eigenvalue weighted by molar-refractivity contribution is 5.85. The lowest BCUT2D eigenvalue weighted by molar-refractivity contribution is -0.207. The monoisotopic (exact) mass is 378 g/mol. The van der Waals surface area contributed by atoms with E-state index in [4.69, 9.17) is 4.74 Å². The van der Waals surface area contributed by atoms with Crippen LogP contribution in [-0.2, 0) is 14.3 Å². The number of hydrogen-bond acceptors (Lipinski definition) is 5. The van der Waals surface area contributed by atoms with Crippen molar-refractivity contribution in [3.63, 3.8) is 0 Å². The summed E-state index contributed by atoms with van der Waals surface area (Å²) in [5.41, 5.74) is -1.43. The molecule has 0 aliphatic heterocycles. The normalized spacial score (nSPS) is 49.7. The molecule has 8 atom stereocenters. The van der Waals surface area contributed by atoms with Crippen LogP contribution in [0.2, 0.25) is 0 Å². The van der Waals surface area contributed by atoms with Gasteiger partial charge in [-0.3, -0.25) is 4.79 Å². The molecule has 3 aliphatic carbocycles. The summed E-state index contributed by atoms with van der Waals surface area (Å²) < 4.78 is 5.77. The number of hydrogen-bond donors (Lipinski definition) is 2. The van der Waals surface area contributed by atoms with Gasteiger partial charge in [-0.1, -0.05) is 33.8 Å². The standard InChI is InChI=1S/C22H34O5/c1-6-20(4)11-16(27-17(25)12-23)21(5)13(2)7-9-22(14(3)19(20)26)10-8-15(24)18(21)22/h6,13-14,16,18-19,23,26H,1,7-12H2,2-5H3/t13?,14-,16+,18-,19-,20+,21-,22-/m0/s1. The van der Waals surface area contributed by atoms with Crippen molar-refractivity contribution >= 4 is 11.8 Å². The molecule has 0 aromatic heterocycles. The van der Waals surface area contributed by atoms with E-state index in [0.29, 0.717) is 12.8 Å². The van der Waals surface area contributed by atoms with Crippen LogP contribution in [0.3, 0.4) is 0 Å². The molecular weight excluding hydrogens is 344 g/mol. The number of ether oxygens (including phenoxy) is 1. The number of aliphatic hydroxyl groups excluding tert-OH is 2. The van der Waals surface area contributed by atoms with Crippen molar-refractivity contribution in [3.8, 4) is 0 Å². The van der Waals surface area contributed by atoms with Crippen LogP contribution in [0.5, 0.6) is 0 Å². The van der Waals surface area contributed by atoms with E-state index in [1.165, 1.54) is 0 Å². The van der Waals surface area contributed by atoms with Gasteiger partial charge in [0.1, 0.15) is 18.5 Å². The van der Waals surface area contributed by atoms with Crippen molar-refractivity contribution in [1.29, 1.82) is 0 Å². The molecule has 3 fully saturated rings. The lowest BCUT2D eigenvalue weighted by Crippen LogP contribution is -2.63. The quantitative estimate of drug-likeness (QED) is 0.583. The van der Waals surface area contributed by atoms with E-state index in [1.807, 2.05) is 6.92 Å². The second-order valence-electron chi connectivity index (χ2n) is 9.72. The Morgan fingerprint density at radius 3 is 2.59 bits per heavy atom. The molecule has 27 heavy (non-hydrogen) atoms. The molecule has 1 unspecified atom stereocenters. The maximum atomic E-state index is 13.1. The van der Waals surface area contributed by atoms with Gasteiger partial charge >= 0.3 is 5.97 Å². The SMILES string of the molecule is C=C[C@]1(C)C[C@@H](OC(=O)CO)[C@]2(C)C(C)CC[C@]3(CCC(=O)[C@H]32)[C@@H](C)[C@@H]1O. The van der Waals surface area contributed by atoms with Gasteiger partial charge in [-0.05, 0) is 42.9 Å². The third kappa shape index (κ3) is 2.72. The van der Waals surface area contributed by atoms with E-state index in [2.05, 4.69) is 27.4 Å². The minimum Gasteiger partial charge on any atom is -0.460 e. The highest BCUT2D eigenvalue weighted by atomic mass is 16.6. The van der Waals surface area contributed by atoms with Gasteiger partial charge in [-0.25, -0.2) is 4.79 Å². The van der Waals surface area contributed by atoms with Crippen molar-refractivity contribution in [1.82, 2.24) is 0 Å². The second kappa shape index (κ2) is 6.70. The molecule has 0 radical (unpaired) electrons. The number of Topliss-reactive ketones (excluding diaryl/α,β-unsaturated/α-hetero) is 1. The fourth-order valence-electron chi connectivity index (χ4n) is 6.70. The van der Waals surface area contributed by atoms with Crippen LogP contribution in [0.15, 0.2) is 12.7 Å². The van der Waals surface area contributed by atoms with Crippen LogP contribution in [0.4, 0.5) is 0 Å². The van der Waals surface area contributed by atoms with Gasteiger partial charge < -0.3 is 14.9 Å². The van der Waals surface area contributed by atoms with Gasteiger partial charge in [0.25, 0.3) is 0 Å². The summed E-state index contributed by atoms with van der Waals surface area (Å²) in [4.78, 5) is 25.2. The summed E-state index contributed by atoms with van der Waals surface area (Å²) in [6.07, 6.45) is 4.10. The minimum atomic E-state index is -0.686. The number of carbonyl (C=O) groups is 2. The average Bonchev–Trinajstić information content (AvgIpc) is 3.00. The fraction of sp³-hybridized carbons (Fsp3) is 0.818. The highest BCUT2D eigenvalue weighted by Gasteiger charge is 2.68. The van der Waals surface area contributed by atoms with Crippen molar-refractivity contribution in [2.75, 3.05) is 6.61 Å². The zero-order chi connectivity index (χ0) is 20.2. The third-order valence-corrected chi connectivity index (χ3v) is 8.70. The molecular formula is C22H34O5. The number of esters is 1. The molecule has 0 saturated heterocycles. The highest BCUT2D eigenvalue weighted by Crippen LogP contribution is 2.67. The maximum Gasteiger partial charge on any atom is 0.332 e. The first-order chi connectivity index (χ1) is 12.6. The zero-order valence-corrected chi connectivity index (χ0v) is 17.0. The van der Waals surface area contributed by atoms with E-state index < -0.39 is 35.6 Å². The Morgan fingerprint density at radius 1 is 1.33 bits per heavy atom. The predicted molar refractivity (Wildman–Crippen MR) is 102 cm³/mol. The topological polar surface area (TPSA) is 83.8 Å². The van der Waals surface area contributed by atoms with Crippen molar-refractivity contribution < 1.29 is 24.5 Å². The van der Waals surface area contributed by atoms with E-state index in [9.17, 15) is 19.8 Å². The first kappa shape index (κ1) is 20.5. The number of aliphatic hydroxyl groups is 2. The lowest BCUT2D eigenvalue weighted by Gasteiger charge is -2.61. The molecule has 0 spiro atoms. The summed E-state index contributed by atoms with van der Waals surface area (Å²) in [5, 5.41) is 20.6. The van der Waals surface area contributed by atoms with Crippen LogP contribution in [-0.4, -0.2) is 40.8 Å². The molecule has 0 amide bonds. The molecule has 152 valence electrons. The molecule has 5 heteroatoms. The predicted octanol–water partition coefficient (Wildman–Crippen LogP) is 2.89. The molecule has 3 saturated carbocycles. The Hall–Kier alpha value is -1.20. The third-order valence-electron chi connectivity index (χ3n) is 8.70. The zero-order valence-electron chi connectivity index (χ0n) is 17.0. The molecule has 5 nitrogen and oxygen atoms in total. The van der Waals surface area contributed by atoms with Gasteiger partial charge in [-0.15, -0.1) is 6.58 Å².